The van der Waals surface area contributed by atoms with Crippen LogP contribution in [0.15, 0.2) is 70.7 Å². The minimum atomic E-state index is -4.75. The van der Waals surface area contributed by atoms with E-state index in [1.165, 1.54) is 24.3 Å². The van der Waals surface area contributed by atoms with Crippen LogP contribution in [-0.4, -0.2) is 10.8 Å². The summed E-state index contributed by atoms with van der Waals surface area (Å²) in [6.45, 7) is 0. The average Bonchev–Trinajstić information content (AvgIpc) is 2.80. The highest BCUT2D eigenvalue weighted by atomic mass is 79.9. The van der Waals surface area contributed by atoms with Crippen molar-refractivity contribution in [3.05, 3.63) is 97.0 Å². The summed E-state index contributed by atoms with van der Waals surface area (Å²) in [5.74, 6) is -0.993. The van der Waals surface area contributed by atoms with Gasteiger partial charge in [-0.25, -0.2) is 0 Å². The molecule has 0 aliphatic heterocycles. The number of amides is 1. The van der Waals surface area contributed by atoms with Crippen molar-refractivity contribution in [2.24, 2.45) is 0 Å². The SMILES string of the molecule is N#C/C(=C\c1ccc(Oc2ccc(C(F)(F)F)cc2[N+](=O)[O-])c(Br)c1)C(=O)Nc1ccc(Cl)cc1. The lowest BCUT2D eigenvalue weighted by Gasteiger charge is -2.11. The highest BCUT2D eigenvalue weighted by Crippen LogP contribution is 2.39. The Morgan fingerprint density at radius 2 is 1.77 bits per heavy atom. The van der Waals surface area contributed by atoms with Crippen LogP contribution in [0.5, 0.6) is 11.5 Å². The molecule has 0 saturated heterocycles. The van der Waals surface area contributed by atoms with Gasteiger partial charge in [0.25, 0.3) is 5.91 Å². The fourth-order valence-electron chi connectivity index (χ4n) is 2.78. The van der Waals surface area contributed by atoms with Gasteiger partial charge in [-0.1, -0.05) is 17.7 Å². The Kier molecular flexibility index (Phi) is 7.78. The number of nitro groups is 1. The lowest BCUT2D eigenvalue weighted by atomic mass is 10.1. The number of benzene rings is 3. The number of nitriles is 1. The first kappa shape index (κ1) is 25.7. The summed E-state index contributed by atoms with van der Waals surface area (Å²) >= 11 is 9.03. The van der Waals surface area contributed by atoms with Crippen LogP contribution in [0, 0.1) is 21.4 Å². The molecule has 0 aliphatic rings. The smallest absolute Gasteiger partial charge is 0.416 e. The third kappa shape index (κ3) is 6.59. The Bertz CT molecular complexity index is 1370. The summed E-state index contributed by atoms with van der Waals surface area (Å²) in [6.07, 6.45) is -3.45. The Labute approximate surface area is 209 Å². The zero-order valence-corrected chi connectivity index (χ0v) is 19.6. The van der Waals surface area contributed by atoms with E-state index in [9.17, 15) is 33.3 Å². The molecule has 0 aromatic heterocycles. The lowest BCUT2D eigenvalue weighted by Crippen LogP contribution is -2.13. The third-order valence-corrected chi connectivity index (χ3v) is 5.31. The molecular formula is C23H12BrClF3N3O4. The standard InChI is InChI=1S/C23H12BrClF3N3O4/c24-18-10-13(9-14(12-29)22(32)30-17-5-3-16(25)4-6-17)1-7-20(18)35-21-8-2-15(23(26,27)28)11-19(21)31(33)34/h1-11H,(H,30,32)/b14-9+. The number of alkyl halides is 3. The first-order chi connectivity index (χ1) is 16.5. The van der Waals surface area contributed by atoms with E-state index in [0.717, 1.165) is 6.07 Å². The maximum Gasteiger partial charge on any atom is 0.416 e. The molecule has 1 N–H and O–H groups in total. The fraction of sp³-hybridized carbons (Fsp3) is 0.0435. The van der Waals surface area contributed by atoms with Crippen molar-refractivity contribution in [1.82, 2.24) is 0 Å². The molecule has 0 atom stereocenters. The van der Waals surface area contributed by atoms with Crippen LogP contribution in [0.4, 0.5) is 24.5 Å². The summed E-state index contributed by atoms with van der Waals surface area (Å²) in [5.41, 5.74) is -1.41. The predicted octanol–water partition coefficient (Wildman–Crippen LogP) is 7.37. The van der Waals surface area contributed by atoms with E-state index in [1.807, 2.05) is 0 Å². The molecule has 3 rings (SSSR count). The van der Waals surface area contributed by atoms with Gasteiger partial charge in [0.15, 0.2) is 0 Å². The van der Waals surface area contributed by atoms with Crippen molar-refractivity contribution in [3.63, 3.8) is 0 Å². The summed E-state index contributed by atoms with van der Waals surface area (Å²) in [5, 5.41) is 23.7. The molecule has 0 spiro atoms. The number of hydrogen-bond acceptors (Lipinski definition) is 5. The van der Waals surface area contributed by atoms with Crippen LogP contribution in [0.25, 0.3) is 6.08 Å². The second kappa shape index (κ2) is 10.6. The Hall–Kier alpha value is -3.88. The molecule has 0 fully saturated rings. The van der Waals surface area contributed by atoms with Crippen LogP contribution in [0.2, 0.25) is 5.02 Å². The largest absolute Gasteiger partial charge is 0.449 e. The van der Waals surface area contributed by atoms with Gasteiger partial charge in [-0.3, -0.25) is 14.9 Å². The summed E-state index contributed by atoms with van der Waals surface area (Å²) in [7, 11) is 0. The van der Waals surface area contributed by atoms with Gasteiger partial charge in [-0.2, -0.15) is 18.4 Å². The monoisotopic (exact) mass is 565 g/mol. The Balaban J connectivity index is 1.83. The van der Waals surface area contributed by atoms with E-state index in [2.05, 4.69) is 21.2 Å². The number of rotatable bonds is 6. The van der Waals surface area contributed by atoms with E-state index in [4.69, 9.17) is 16.3 Å². The molecule has 0 unspecified atom stereocenters. The molecule has 3 aromatic rings. The molecule has 3 aromatic carbocycles. The van der Waals surface area contributed by atoms with E-state index in [-0.39, 0.29) is 15.8 Å². The van der Waals surface area contributed by atoms with Gasteiger partial charge in [-0.05, 0) is 76.1 Å². The molecule has 7 nitrogen and oxygen atoms in total. The number of hydrogen-bond donors (Lipinski definition) is 1. The zero-order chi connectivity index (χ0) is 25.8. The molecule has 12 heteroatoms. The van der Waals surface area contributed by atoms with Crippen LogP contribution >= 0.6 is 27.5 Å². The number of carbonyl (C=O) groups is 1. The highest BCUT2D eigenvalue weighted by molar-refractivity contribution is 9.10. The van der Waals surface area contributed by atoms with Crippen molar-refractivity contribution in [3.8, 4) is 17.6 Å². The van der Waals surface area contributed by atoms with E-state index < -0.39 is 34.0 Å². The second-order valence-electron chi connectivity index (χ2n) is 6.86. The van der Waals surface area contributed by atoms with Crippen molar-refractivity contribution in [1.29, 1.82) is 5.26 Å². The quantitative estimate of drug-likeness (QED) is 0.145. The van der Waals surface area contributed by atoms with Gasteiger partial charge in [0.1, 0.15) is 17.4 Å². The summed E-state index contributed by atoms with van der Waals surface area (Å²) in [6, 6.07) is 14.3. The van der Waals surface area contributed by atoms with Gasteiger partial charge in [0, 0.05) is 16.8 Å². The van der Waals surface area contributed by atoms with Crippen molar-refractivity contribution >= 4 is 50.9 Å². The molecule has 0 heterocycles. The van der Waals surface area contributed by atoms with E-state index in [1.54, 1.807) is 30.3 Å². The molecule has 178 valence electrons. The molecule has 0 radical (unpaired) electrons. The summed E-state index contributed by atoms with van der Waals surface area (Å²) < 4.78 is 44.4. The molecule has 1 amide bonds. The molecule has 35 heavy (non-hydrogen) atoms. The first-order valence-corrected chi connectivity index (χ1v) is 10.7. The number of ether oxygens (including phenoxy) is 1. The van der Waals surface area contributed by atoms with E-state index >= 15 is 0 Å². The van der Waals surface area contributed by atoms with Gasteiger partial charge in [0.2, 0.25) is 5.75 Å². The van der Waals surface area contributed by atoms with Gasteiger partial charge >= 0.3 is 11.9 Å². The van der Waals surface area contributed by atoms with Gasteiger partial charge in [0.05, 0.1) is 15.0 Å². The number of carbonyl (C=O) groups excluding carboxylic acids is 1. The fourth-order valence-corrected chi connectivity index (χ4v) is 3.38. The van der Waals surface area contributed by atoms with Crippen molar-refractivity contribution in [2.45, 2.75) is 6.18 Å². The Morgan fingerprint density at radius 1 is 1.11 bits per heavy atom. The van der Waals surface area contributed by atoms with Crippen LogP contribution in [0.3, 0.4) is 0 Å². The highest BCUT2D eigenvalue weighted by Gasteiger charge is 2.33. The van der Waals surface area contributed by atoms with Crippen molar-refractivity contribution < 1.29 is 27.6 Å². The van der Waals surface area contributed by atoms with Crippen molar-refractivity contribution in [2.75, 3.05) is 5.32 Å². The second-order valence-corrected chi connectivity index (χ2v) is 8.15. The number of halogens is 5. The zero-order valence-electron chi connectivity index (χ0n) is 17.3. The number of nitro benzene ring substituents is 1. The topological polar surface area (TPSA) is 105 Å². The van der Waals surface area contributed by atoms with Crippen LogP contribution < -0.4 is 10.1 Å². The lowest BCUT2D eigenvalue weighted by molar-refractivity contribution is -0.385. The summed E-state index contributed by atoms with van der Waals surface area (Å²) in [4.78, 5) is 22.7. The van der Waals surface area contributed by atoms with E-state index in [0.29, 0.717) is 28.4 Å². The van der Waals surface area contributed by atoms with Gasteiger partial charge < -0.3 is 10.1 Å². The molecule has 0 bridgehead atoms. The first-order valence-electron chi connectivity index (χ1n) is 9.49. The van der Waals surface area contributed by atoms with Crippen LogP contribution in [0.1, 0.15) is 11.1 Å². The predicted molar refractivity (Wildman–Crippen MR) is 126 cm³/mol. The number of anilines is 1. The van der Waals surface area contributed by atoms with Crippen LogP contribution in [-0.2, 0) is 11.0 Å². The Morgan fingerprint density at radius 3 is 2.34 bits per heavy atom. The van der Waals surface area contributed by atoms with Gasteiger partial charge in [-0.15, -0.1) is 0 Å². The number of nitrogens with one attached hydrogen (secondary N) is 1. The minimum Gasteiger partial charge on any atom is -0.449 e. The molecule has 0 saturated carbocycles. The average molecular weight is 567 g/mol. The third-order valence-electron chi connectivity index (χ3n) is 4.44. The maximum atomic E-state index is 12.9. The molecular weight excluding hydrogens is 555 g/mol. The normalized spacial score (nSPS) is 11.5. The molecule has 0 aliphatic carbocycles. The minimum absolute atomic E-state index is 0.0640. The maximum absolute atomic E-state index is 12.9. The number of nitrogens with zero attached hydrogens (tertiary/aromatic N) is 2.